The van der Waals surface area contributed by atoms with Crippen molar-refractivity contribution in [2.45, 2.75) is 25.7 Å². The van der Waals surface area contributed by atoms with E-state index in [0.29, 0.717) is 5.41 Å². The molecule has 1 N–H and O–H groups in total. The van der Waals surface area contributed by atoms with Gasteiger partial charge in [0.1, 0.15) is 5.75 Å². The van der Waals surface area contributed by atoms with Gasteiger partial charge in [-0.25, -0.2) is 0 Å². The molecule has 0 radical (unpaired) electrons. The number of hydrogen-bond acceptors (Lipinski definition) is 2. The Kier molecular flexibility index (Phi) is 3.49. The van der Waals surface area contributed by atoms with Crippen LogP contribution < -0.4 is 10.1 Å². The van der Waals surface area contributed by atoms with Crippen molar-refractivity contribution in [3.63, 3.8) is 0 Å². The summed E-state index contributed by atoms with van der Waals surface area (Å²) in [6.45, 7) is 1.13. The molecule has 2 rings (SSSR count). The third kappa shape index (κ3) is 2.38. The van der Waals surface area contributed by atoms with Gasteiger partial charge >= 0.3 is 0 Å². The van der Waals surface area contributed by atoms with Crippen LogP contribution in [0.4, 0.5) is 0 Å². The lowest BCUT2D eigenvalue weighted by molar-refractivity contribution is 0.133. The molecule has 1 aliphatic carbocycles. The Bertz CT molecular complexity index is 344. The minimum absolute atomic E-state index is 0.501. The maximum absolute atomic E-state index is 5.27. The Morgan fingerprint density at radius 1 is 1.38 bits per heavy atom. The summed E-state index contributed by atoms with van der Waals surface area (Å²) in [5.74, 6) is 0.969. The fraction of sp³-hybridized carbons (Fsp3) is 0.571. The quantitative estimate of drug-likeness (QED) is 0.822. The van der Waals surface area contributed by atoms with Crippen molar-refractivity contribution in [1.82, 2.24) is 5.32 Å². The standard InChI is InChI=1S/C14H21NO/c1-15-11-14(7-4-8-14)10-12-5-3-6-13(9-12)16-2/h3,5-6,9,15H,4,7-8,10-11H2,1-2H3. The highest BCUT2D eigenvalue weighted by Crippen LogP contribution is 2.43. The molecule has 0 heterocycles. The van der Waals surface area contributed by atoms with Gasteiger partial charge in [-0.2, -0.15) is 0 Å². The lowest BCUT2D eigenvalue weighted by atomic mass is 9.65. The number of hydrogen-bond donors (Lipinski definition) is 1. The zero-order valence-corrected chi connectivity index (χ0v) is 10.3. The van der Waals surface area contributed by atoms with Crippen molar-refractivity contribution in [3.8, 4) is 5.75 Å². The zero-order chi connectivity index (χ0) is 11.4. The Morgan fingerprint density at radius 3 is 2.75 bits per heavy atom. The average molecular weight is 219 g/mol. The van der Waals surface area contributed by atoms with Gasteiger partial charge in [-0.15, -0.1) is 0 Å². The van der Waals surface area contributed by atoms with Crippen LogP contribution in [0.15, 0.2) is 24.3 Å². The summed E-state index contributed by atoms with van der Waals surface area (Å²) >= 11 is 0. The van der Waals surface area contributed by atoms with E-state index in [9.17, 15) is 0 Å². The van der Waals surface area contributed by atoms with Gasteiger partial charge < -0.3 is 10.1 Å². The average Bonchev–Trinajstić information content (AvgIpc) is 2.26. The van der Waals surface area contributed by atoms with Crippen LogP contribution in [0.5, 0.6) is 5.75 Å². The molecule has 16 heavy (non-hydrogen) atoms. The van der Waals surface area contributed by atoms with Gasteiger partial charge in [0, 0.05) is 6.54 Å². The van der Waals surface area contributed by atoms with Gasteiger partial charge in [-0.3, -0.25) is 0 Å². The van der Waals surface area contributed by atoms with E-state index in [0.717, 1.165) is 12.3 Å². The molecule has 1 fully saturated rings. The highest BCUT2D eigenvalue weighted by Gasteiger charge is 2.36. The van der Waals surface area contributed by atoms with Gasteiger partial charge in [-0.1, -0.05) is 18.6 Å². The van der Waals surface area contributed by atoms with Crippen molar-refractivity contribution in [3.05, 3.63) is 29.8 Å². The lowest BCUT2D eigenvalue weighted by Crippen LogP contribution is -2.40. The molecule has 0 aromatic heterocycles. The molecular formula is C14H21NO. The molecule has 0 saturated heterocycles. The molecule has 2 nitrogen and oxygen atoms in total. The van der Waals surface area contributed by atoms with E-state index in [2.05, 4.69) is 23.5 Å². The third-order valence-corrected chi connectivity index (χ3v) is 3.68. The first kappa shape index (κ1) is 11.5. The fourth-order valence-corrected chi connectivity index (χ4v) is 2.68. The third-order valence-electron chi connectivity index (χ3n) is 3.68. The first-order valence-corrected chi connectivity index (χ1v) is 6.06. The smallest absolute Gasteiger partial charge is 0.119 e. The molecule has 1 aromatic rings. The minimum Gasteiger partial charge on any atom is -0.497 e. The number of ether oxygens (including phenoxy) is 1. The first-order chi connectivity index (χ1) is 7.78. The molecule has 88 valence electrons. The van der Waals surface area contributed by atoms with E-state index in [1.807, 2.05) is 13.1 Å². The van der Waals surface area contributed by atoms with Crippen LogP contribution in [0.3, 0.4) is 0 Å². The van der Waals surface area contributed by atoms with E-state index < -0.39 is 0 Å². The number of benzene rings is 1. The van der Waals surface area contributed by atoms with Crippen molar-refractivity contribution < 1.29 is 4.74 Å². The number of rotatable bonds is 5. The maximum Gasteiger partial charge on any atom is 0.119 e. The summed E-state index contributed by atoms with van der Waals surface area (Å²) < 4.78 is 5.27. The SMILES string of the molecule is CNCC1(Cc2cccc(OC)c2)CCC1. The molecule has 0 bridgehead atoms. The van der Waals surface area contributed by atoms with Crippen LogP contribution >= 0.6 is 0 Å². The van der Waals surface area contributed by atoms with Gasteiger partial charge in [0.25, 0.3) is 0 Å². The van der Waals surface area contributed by atoms with Crippen LogP contribution in [-0.4, -0.2) is 20.7 Å². The zero-order valence-electron chi connectivity index (χ0n) is 10.3. The molecule has 0 unspecified atom stereocenters. The topological polar surface area (TPSA) is 21.3 Å². The van der Waals surface area contributed by atoms with Gasteiger partial charge in [0.15, 0.2) is 0 Å². The molecule has 0 amide bonds. The predicted octanol–water partition coefficient (Wildman–Crippen LogP) is 2.63. The summed E-state index contributed by atoms with van der Waals surface area (Å²) in [6.07, 6.45) is 5.26. The second-order valence-corrected chi connectivity index (χ2v) is 4.91. The van der Waals surface area contributed by atoms with E-state index in [1.54, 1.807) is 7.11 Å². The van der Waals surface area contributed by atoms with Crippen molar-refractivity contribution in [1.29, 1.82) is 0 Å². The normalized spacial score (nSPS) is 17.9. The van der Waals surface area contributed by atoms with Crippen LogP contribution in [0.2, 0.25) is 0 Å². The van der Waals surface area contributed by atoms with E-state index in [-0.39, 0.29) is 0 Å². The summed E-state index contributed by atoms with van der Waals surface area (Å²) in [7, 11) is 3.78. The number of methoxy groups -OCH3 is 1. The maximum atomic E-state index is 5.27. The molecule has 0 atom stereocenters. The minimum atomic E-state index is 0.501. The Balaban J connectivity index is 2.06. The summed E-state index contributed by atoms with van der Waals surface area (Å²) in [5.41, 5.74) is 1.90. The van der Waals surface area contributed by atoms with Crippen molar-refractivity contribution in [2.75, 3.05) is 20.7 Å². The van der Waals surface area contributed by atoms with E-state index in [4.69, 9.17) is 4.74 Å². The molecule has 0 aliphatic heterocycles. The fourth-order valence-electron chi connectivity index (χ4n) is 2.68. The number of nitrogens with one attached hydrogen (secondary N) is 1. The van der Waals surface area contributed by atoms with E-state index in [1.165, 1.54) is 31.2 Å². The van der Waals surface area contributed by atoms with Gasteiger partial charge in [0.2, 0.25) is 0 Å². The van der Waals surface area contributed by atoms with Crippen molar-refractivity contribution in [2.24, 2.45) is 5.41 Å². The predicted molar refractivity (Wildman–Crippen MR) is 66.9 cm³/mol. The van der Waals surface area contributed by atoms with Crippen LogP contribution in [0, 0.1) is 5.41 Å². The first-order valence-electron chi connectivity index (χ1n) is 6.06. The van der Waals surface area contributed by atoms with Gasteiger partial charge in [0.05, 0.1) is 7.11 Å². The Labute approximate surface area is 98.0 Å². The molecule has 1 aromatic carbocycles. The second-order valence-electron chi connectivity index (χ2n) is 4.91. The molecule has 1 aliphatic rings. The summed E-state index contributed by atoms with van der Waals surface area (Å²) in [4.78, 5) is 0. The van der Waals surface area contributed by atoms with Crippen LogP contribution in [0.25, 0.3) is 0 Å². The van der Waals surface area contributed by atoms with Crippen LogP contribution in [-0.2, 0) is 6.42 Å². The van der Waals surface area contributed by atoms with Crippen molar-refractivity contribution >= 4 is 0 Å². The molecular weight excluding hydrogens is 198 g/mol. The highest BCUT2D eigenvalue weighted by atomic mass is 16.5. The molecule has 0 spiro atoms. The lowest BCUT2D eigenvalue weighted by Gasteiger charge is -2.42. The monoisotopic (exact) mass is 219 g/mol. The van der Waals surface area contributed by atoms with Gasteiger partial charge in [-0.05, 0) is 49.4 Å². The Morgan fingerprint density at radius 2 is 2.19 bits per heavy atom. The molecule has 2 heteroatoms. The van der Waals surface area contributed by atoms with E-state index >= 15 is 0 Å². The summed E-state index contributed by atoms with van der Waals surface area (Å²) in [6, 6.07) is 8.46. The molecule has 1 saturated carbocycles. The highest BCUT2D eigenvalue weighted by molar-refractivity contribution is 5.29. The van der Waals surface area contributed by atoms with Crippen LogP contribution in [0.1, 0.15) is 24.8 Å². The second kappa shape index (κ2) is 4.88. The largest absolute Gasteiger partial charge is 0.497 e. The Hall–Kier alpha value is -1.02. The summed E-state index contributed by atoms with van der Waals surface area (Å²) in [5, 5.41) is 3.33.